The second-order valence-corrected chi connectivity index (χ2v) is 17.0. The van der Waals surface area contributed by atoms with Gasteiger partial charge in [0.05, 0.1) is 33.8 Å². The average Bonchev–Trinajstić information content (AvgIpc) is 3.76. The molecule has 0 atom stereocenters. The molecule has 1 aliphatic rings. The van der Waals surface area contributed by atoms with Crippen molar-refractivity contribution < 1.29 is 0 Å². The summed E-state index contributed by atoms with van der Waals surface area (Å²) >= 11 is 0. The van der Waals surface area contributed by atoms with E-state index in [0.29, 0.717) is 11.5 Å². The Morgan fingerprint density at radius 1 is 0.412 bits per heavy atom. The number of hydrogen-bond donors (Lipinski definition) is 2. The van der Waals surface area contributed by atoms with E-state index >= 15 is 0 Å². The predicted molar refractivity (Wildman–Crippen MR) is 282 cm³/mol. The lowest BCUT2D eigenvalue weighted by atomic mass is 9.86. The number of nitrogens with zero attached hydrogens (tertiary/aromatic N) is 3. The molecule has 0 spiro atoms. The smallest absolute Gasteiger partial charge is 0.160 e. The molecule has 2 aromatic heterocycles. The summed E-state index contributed by atoms with van der Waals surface area (Å²) in [6, 6.07) is 84.2. The van der Waals surface area contributed by atoms with Crippen molar-refractivity contribution in [1.82, 2.24) is 19.9 Å². The topological polar surface area (TPSA) is 66.6 Å². The van der Waals surface area contributed by atoms with Crippen LogP contribution in [0.15, 0.2) is 243 Å². The quantitative estimate of drug-likeness (QED) is 0.142. The van der Waals surface area contributed by atoms with Gasteiger partial charge in [0.25, 0.3) is 0 Å². The first-order chi connectivity index (χ1) is 33.6. The molecule has 2 N–H and O–H groups in total. The number of allylic oxidation sites excluding steroid dienone is 1. The SMILES string of the molecule is N=C(/C(=C1\NC(c2ccccc2)=Cc2ccc(-c3ccc(-c4cc(-c5ccc(-n6c7ccccc7c7ccccc76)cc5)nc(-c5ccccc5)n4)cc3)cc21)c1ccccc1)c1ccccc1. The molecule has 3 heterocycles. The van der Waals surface area contributed by atoms with Gasteiger partial charge in [-0.15, -0.1) is 0 Å². The van der Waals surface area contributed by atoms with Gasteiger partial charge in [0, 0.05) is 55.5 Å². The molecule has 12 rings (SSSR count). The van der Waals surface area contributed by atoms with Crippen molar-refractivity contribution in [2.24, 2.45) is 0 Å². The van der Waals surface area contributed by atoms with Gasteiger partial charge >= 0.3 is 0 Å². The van der Waals surface area contributed by atoms with Crippen LogP contribution in [-0.2, 0) is 0 Å². The summed E-state index contributed by atoms with van der Waals surface area (Å²) in [6.07, 6.45) is 2.21. The van der Waals surface area contributed by atoms with Crippen LogP contribution in [0.2, 0.25) is 0 Å². The van der Waals surface area contributed by atoms with Crippen LogP contribution in [0.5, 0.6) is 0 Å². The summed E-state index contributed by atoms with van der Waals surface area (Å²) in [5.41, 5.74) is 18.4. The summed E-state index contributed by atoms with van der Waals surface area (Å²) < 4.78 is 2.34. The first kappa shape index (κ1) is 40.3. The molecule has 0 saturated carbocycles. The molecule has 0 radical (unpaired) electrons. The predicted octanol–water partition coefficient (Wildman–Crippen LogP) is 15.3. The fourth-order valence-electron chi connectivity index (χ4n) is 9.48. The standard InChI is InChI=1S/C63H43N5/c64-61(47-21-9-3-10-22-47)60(46-19-7-2-8-20-46)62-54-39-49(33-34-50(54)40-55(65-62)43-17-5-1-6-18-43)42-29-31-44(32-30-42)56-41-57(67-63(66-56)48-23-11-4-12-24-48)45-35-37-51(38-36-45)68-58-27-15-13-25-52(58)53-26-14-16-28-59(53)68/h1-41,64-65H/b62-60-,64-61?. The van der Waals surface area contributed by atoms with E-state index < -0.39 is 0 Å². The van der Waals surface area contributed by atoms with E-state index in [1.165, 1.54) is 21.8 Å². The molecule has 0 bridgehead atoms. The molecule has 0 aliphatic carbocycles. The molecule has 1 aliphatic heterocycles. The van der Waals surface area contributed by atoms with Crippen molar-refractivity contribution >= 4 is 50.6 Å². The third-order valence-corrected chi connectivity index (χ3v) is 12.9. The van der Waals surface area contributed by atoms with Crippen LogP contribution in [0, 0.1) is 5.41 Å². The van der Waals surface area contributed by atoms with Crippen LogP contribution >= 0.6 is 0 Å². The minimum Gasteiger partial charge on any atom is -0.354 e. The monoisotopic (exact) mass is 869 g/mol. The third kappa shape index (κ3) is 7.48. The first-order valence-corrected chi connectivity index (χ1v) is 22.9. The molecule has 68 heavy (non-hydrogen) atoms. The van der Waals surface area contributed by atoms with E-state index in [0.717, 1.165) is 89.7 Å². The van der Waals surface area contributed by atoms with E-state index in [4.69, 9.17) is 9.97 Å². The fraction of sp³-hybridized carbons (Fsp3) is 0. The molecule has 320 valence electrons. The highest BCUT2D eigenvalue weighted by Gasteiger charge is 2.24. The molecule has 9 aromatic carbocycles. The molecule has 0 unspecified atom stereocenters. The first-order valence-electron chi connectivity index (χ1n) is 22.9. The molecule has 11 aromatic rings. The summed E-state index contributed by atoms with van der Waals surface area (Å²) in [4.78, 5) is 10.3. The van der Waals surface area contributed by atoms with Crippen molar-refractivity contribution in [3.63, 3.8) is 0 Å². The summed E-state index contributed by atoms with van der Waals surface area (Å²) in [5.74, 6) is 0.674. The molecule has 5 heteroatoms. The maximum absolute atomic E-state index is 9.70. The minimum atomic E-state index is 0.451. The average molecular weight is 870 g/mol. The molecule has 5 nitrogen and oxygen atoms in total. The van der Waals surface area contributed by atoms with Crippen LogP contribution in [-0.4, -0.2) is 20.2 Å². The van der Waals surface area contributed by atoms with Crippen molar-refractivity contribution in [3.8, 4) is 50.7 Å². The highest BCUT2D eigenvalue weighted by molar-refractivity contribution is 6.36. The largest absolute Gasteiger partial charge is 0.354 e. The van der Waals surface area contributed by atoms with Gasteiger partial charge in [-0.25, -0.2) is 9.97 Å². The Bertz CT molecular complexity index is 3670. The Balaban J connectivity index is 0.935. The van der Waals surface area contributed by atoms with Crippen molar-refractivity contribution in [1.29, 1.82) is 5.41 Å². The second-order valence-electron chi connectivity index (χ2n) is 17.0. The Morgan fingerprint density at radius 2 is 0.897 bits per heavy atom. The van der Waals surface area contributed by atoms with Crippen molar-refractivity contribution in [2.45, 2.75) is 0 Å². The van der Waals surface area contributed by atoms with Crippen LogP contribution in [0.3, 0.4) is 0 Å². The van der Waals surface area contributed by atoms with Crippen LogP contribution in [0.25, 0.3) is 95.6 Å². The van der Waals surface area contributed by atoms with E-state index in [9.17, 15) is 5.41 Å². The Hall–Kier alpha value is -9.19. The molecule has 0 saturated heterocycles. The zero-order chi connectivity index (χ0) is 45.4. The molecule has 0 amide bonds. The van der Waals surface area contributed by atoms with E-state index in [1.54, 1.807) is 0 Å². The van der Waals surface area contributed by atoms with Gasteiger partial charge in [-0.3, -0.25) is 5.41 Å². The summed E-state index contributed by atoms with van der Waals surface area (Å²) in [6.45, 7) is 0. The zero-order valence-electron chi connectivity index (χ0n) is 37.0. The lowest BCUT2D eigenvalue weighted by Crippen LogP contribution is -2.20. The van der Waals surface area contributed by atoms with Crippen LogP contribution < -0.4 is 5.32 Å². The summed E-state index contributed by atoms with van der Waals surface area (Å²) in [5, 5.41) is 16.0. The minimum absolute atomic E-state index is 0.451. The van der Waals surface area contributed by atoms with Gasteiger partial charge < -0.3 is 9.88 Å². The van der Waals surface area contributed by atoms with Gasteiger partial charge in [-0.1, -0.05) is 206 Å². The third-order valence-electron chi connectivity index (χ3n) is 12.9. The van der Waals surface area contributed by atoms with E-state index in [2.05, 4.69) is 186 Å². The van der Waals surface area contributed by atoms with Crippen molar-refractivity contribution in [3.05, 3.63) is 270 Å². The van der Waals surface area contributed by atoms with Gasteiger partial charge in [-0.2, -0.15) is 0 Å². The van der Waals surface area contributed by atoms with Gasteiger partial charge in [-0.05, 0) is 70.3 Å². The van der Waals surface area contributed by atoms with Gasteiger partial charge in [0.1, 0.15) is 0 Å². The van der Waals surface area contributed by atoms with E-state index in [-0.39, 0.29) is 0 Å². The highest BCUT2D eigenvalue weighted by atomic mass is 15.0. The second kappa shape index (κ2) is 17.3. The fourth-order valence-corrected chi connectivity index (χ4v) is 9.48. The maximum Gasteiger partial charge on any atom is 0.160 e. The molecule has 0 fully saturated rings. The number of para-hydroxylation sites is 2. The molecular weight excluding hydrogens is 827 g/mol. The summed E-state index contributed by atoms with van der Waals surface area (Å²) in [7, 11) is 0. The Labute approximate surface area is 395 Å². The number of benzene rings is 9. The number of nitrogens with one attached hydrogen (secondary N) is 2. The van der Waals surface area contributed by atoms with Gasteiger partial charge in [0.2, 0.25) is 0 Å². The van der Waals surface area contributed by atoms with Crippen LogP contribution in [0.4, 0.5) is 0 Å². The zero-order valence-corrected chi connectivity index (χ0v) is 37.0. The number of fused-ring (bicyclic) bond motifs is 4. The number of rotatable bonds is 9. The highest BCUT2D eigenvalue weighted by Crippen LogP contribution is 2.39. The molecular formula is C63H43N5. The lowest BCUT2D eigenvalue weighted by molar-refractivity contribution is 1.17. The normalized spacial score (nSPS) is 12.9. The van der Waals surface area contributed by atoms with Crippen molar-refractivity contribution in [2.75, 3.05) is 0 Å². The van der Waals surface area contributed by atoms with Crippen LogP contribution in [0.1, 0.15) is 27.8 Å². The number of hydrogen-bond acceptors (Lipinski definition) is 4. The van der Waals surface area contributed by atoms with E-state index in [1.807, 2.05) is 72.8 Å². The Morgan fingerprint density at radius 3 is 1.50 bits per heavy atom. The number of aromatic nitrogens is 3. The maximum atomic E-state index is 9.70. The van der Waals surface area contributed by atoms with Gasteiger partial charge in [0.15, 0.2) is 5.82 Å². The Kier molecular flexibility index (Phi) is 10.3. The lowest BCUT2D eigenvalue weighted by Gasteiger charge is -2.27.